The molecule has 13 nitrogen and oxygen atoms in total. The highest BCUT2D eigenvalue weighted by atomic mass is 19.1. The van der Waals surface area contributed by atoms with E-state index in [1.807, 2.05) is 17.0 Å². The molecule has 0 radical (unpaired) electrons. The molecule has 16 heteroatoms. The number of rotatable bonds is 9. The van der Waals surface area contributed by atoms with Crippen molar-refractivity contribution in [3.05, 3.63) is 101 Å². The number of pyridine rings is 1. The van der Waals surface area contributed by atoms with Gasteiger partial charge in [-0.05, 0) is 78.1 Å². The Bertz CT molecular complexity index is 2460. The van der Waals surface area contributed by atoms with Crippen molar-refractivity contribution in [1.29, 1.82) is 0 Å². The summed E-state index contributed by atoms with van der Waals surface area (Å²) in [6, 6.07) is 9.49. The van der Waals surface area contributed by atoms with Crippen LogP contribution in [0.15, 0.2) is 61.1 Å². The van der Waals surface area contributed by atoms with Crippen LogP contribution in [0.5, 0.6) is 0 Å². The van der Waals surface area contributed by atoms with Crippen LogP contribution in [0, 0.1) is 17.5 Å². The maximum Gasteiger partial charge on any atom is 0.269 e. The summed E-state index contributed by atoms with van der Waals surface area (Å²) < 4.78 is 49.9. The molecule has 4 amide bonds. The summed E-state index contributed by atoms with van der Waals surface area (Å²) in [6.45, 7) is 1.93. The number of nitrogens with zero attached hydrogens (tertiary/aromatic N) is 7. The summed E-state index contributed by atoms with van der Waals surface area (Å²) in [7, 11) is 3.18. The van der Waals surface area contributed by atoms with Crippen molar-refractivity contribution < 1.29 is 32.3 Å². The Morgan fingerprint density at radius 1 is 0.931 bits per heavy atom. The topological polar surface area (TPSA) is 149 Å². The summed E-state index contributed by atoms with van der Waals surface area (Å²) in [4.78, 5) is 62.3. The predicted molar refractivity (Wildman–Crippen MR) is 209 cm³/mol. The van der Waals surface area contributed by atoms with Crippen molar-refractivity contribution in [2.24, 2.45) is 0 Å². The van der Waals surface area contributed by atoms with E-state index >= 15 is 13.2 Å². The van der Waals surface area contributed by atoms with Crippen molar-refractivity contribution >= 4 is 45.9 Å². The van der Waals surface area contributed by atoms with Crippen LogP contribution >= 0.6 is 0 Å². The molecular weight excluding hydrogens is 752 g/mol. The quantitative estimate of drug-likeness (QED) is 0.185. The molecule has 2 saturated heterocycles. The van der Waals surface area contributed by atoms with E-state index in [-0.39, 0.29) is 71.2 Å². The Morgan fingerprint density at radius 3 is 2.43 bits per heavy atom. The van der Waals surface area contributed by atoms with E-state index in [4.69, 9.17) is 0 Å². The molecule has 1 atom stereocenters. The fourth-order valence-corrected chi connectivity index (χ4v) is 8.25. The van der Waals surface area contributed by atoms with Gasteiger partial charge < -0.3 is 19.7 Å². The molecule has 3 aromatic heterocycles. The first-order valence-electron chi connectivity index (χ1n) is 19.4. The lowest BCUT2D eigenvalue weighted by molar-refractivity contribution is -0.134. The van der Waals surface area contributed by atoms with Crippen molar-refractivity contribution in [2.45, 2.75) is 56.9 Å². The highest BCUT2D eigenvalue weighted by Crippen LogP contribution is 2.40. The first-order valence-corrected chi connectivity index (χ1v) is 19.4. The number of hydrogen-bond acceptors (Lipinski definition) is 8. The molecule has 3 aliphatic heterocycles. The number of halogens is 3. The Balaban J connectivity index is 1.03. The van der Waals surface area contributed by atoms with Gasteiger partial charge in [-0.3, -0.25) is 29.2 Å². The molecular formula is C42H42F3N9O4. The number of carbonyl (C=O) groups excluding carboxylic acids is 4. The van der Waals surface area contributed by atoms with Crippen molar-refractivity contribution in [1.82, 2.24) is 40.1 Å². The maximum atomic E-state index is 16.5. The molecule has 58 heavy (non-hydrogen) atoms. The minimum Gasteiger partial charge on any atom is -0.354 e. The van der Waals surface area contributed by atoms with Crippen LogP contribution in [0.4, 0.5) is 19.0 Å². The molecule has 300 valence electrons. The number of carbonyl (C=O) groups is 4. The van der Waals surface area contributed by atoms with E-state index in [0.29, 0.717) is 73.9 Å². The summed E-state index contributed by atoms with van der Waals surface area (Å²) in [6.07, 6.45) is 8.99. The van der Waals surface area contributed by atoms with Crippen molar-refractivity contribution in [3.8, 4) is 11.1 Å². The van der Waals surface area contributed by atoms with Crippen LogP contribution in [0.3, 0.4) is 0 Å². The second-order valence-corrected chi connectivity index (χ2v) is 15.3. The van der Waals surface area contributed by atoms with Crippen LogP contribution < -0.4 is 10.2 Å². The normalized spacial score (nSPS) is 17.7. The van der Waals surface area contributed by atoms with E-state index in [9.17, 15) is 19.2 Å². The van der Waals surface area contributed by atoms with Gasteiger partial charge in [0.15, 0.2) is 17.5 Å². The van der Waals surface area contributed by atoms with E-state index in [0.717, 1.165) is 5.56 Å². The van der Waals surface area contributed by atoms with Crippen LogP contribution in [0.2, 0.25) is 0 Å². The molecule has 3 aliphatic rings. The number of piperidine rings is 2. The molecule has 2 N–H and O–H groups in total. The van der Waals surface area contributed by atoms with Gasteiger partial charge in [0.05, 0.1) is 24.2 Å². The number of nitrogens with one attached hydrogen (secondary N) is 2. The number of amides is 4. The summed E-state index contributed by atoms with van der Waals surface area (Å²) >= 11 is 0. The molecule has 8 rings (SSSR count). The van der Waals surface area contributed by atoms with Crippen molar-refractivity contribution in [2.75, 3.05) is 45.2 Å². The zero-order chi connectivity index (χ0) is 40.7. The monoisotopic (exact) mass is 793 g/mol. The third-order valence-electron chi connectivity index (χ3n) is 11.4. The van der Waals surface area contributed by atoms with Gasteiger partial charge in [0.25, 0.3) is 5.91 Å². The zero-order valence-corrected chi connectivity index (χ0v) is 32.1. The predicted octanol–water partition coefficient (Wildman–Crippen LogP) is 5.55. The summed E-state index contributed by atoms with van der Waals surface area (Å²) in [5.41, 5.74) is 2.83. The second-order valence-electron chi connectivity index (χ2n) is 15.3. The maximum absolute atomic E-state index is 16.5. The molecule has 0 bridgehead atoms. The smallest absolute Gasteiger partial charge is 0.269 e. The fourth-order valence-electron chi connectivity index (χ4n) is 8.25. The SMILES string of the molecule is CN(C)C(=O)c1cc2c(-c3ccc(C4CCN(c5ncc(C6CCC(=O)NC6=O)cc5F)CC4)cc3F)cc(C3=CCCN(C(=O)CCn4ccnn4)C3)c(F)c2[nH]1. The number of aryl methyl sites for hydroxylation is 1. The van der Waals surface area contributed by atoms with Gasteiger partial charge in [0.2, 0.25) is 17.7 Å². The third kappa shape index (κ3) is 7.57. The number of anilines is 1. The van der Waals surface area contributed by atoms with Gasteiger partial charge >= 0.3 is 0 Å². The fraction of sp³-hybridized carbons (Fsp3) is 0.357. The Hall–Kier alpha value is -6.32. The van der Waals surface area contributed by atoms with Gasteiger partial charge in [-0.15, -0.1) is 5.10 Å². The molecule has 2 fully saturated rings. The third-order valence-corrected chi connectivity index (χ3v) is 11.4. The summed E-state index contributed by atoms with van der Waals surface area (Å²) in [5.74, 6) is -3.42. The first-order chi connectivity index (χ1) is 27.9. The highest BCUT2D eigenvalue weighted by Gasteiger charge is 2.31. The van der Waals surface area contributed by atoms with Gasteiger partial charge in [-0.1, -0.05) is 23.4 Å². The van der Waals surface area contributed by atoms with Gasteiger partial charge in [-0.25, -0.2) is 18.2 Å². The van der Waals surface area contributed by atoms with Crippen LogP contribution in [0.1, 0.15) is 77.5 Å². The van der Waals surface area contributed by atoms with Crippen LogP contribution in [-0.4, -0.2) is 98.7 Å². The van der Waals surface area contributed by atoms with Crippen molar-refractivity contribution in [3.63, 3.8) is 0 Å². The lowest BCUT2D eigenvalue weighted by atomic mass is 9.87. The second kappa shape index (κ2) is 15.9. The van der Waals surface area contributed by atoms with Gasteiger partial charge in [0.1, 0.15) is 11.5 Å². The lowest BCUT2D eigenvalue weighted by Crippen LogP contribution is -2.39. The largest absolute Gasteiger partial charge is 0.354 e. The molecule has 0 spiro atoms. The Morgan fingerprint density at radius 2 is 1.72 bits per heavy atom. The first kappa shape index (κ1) is 38.5. The molecule has 5 aromatic rings. The minimum absolute atomic E-state index is 0.0218. The van der Waals surface area contributed by atoms with E-state index in [1.54, 1.807) is 48.1 Å². The van der Waals surface area contributed by atoms with E-state index < -0.39 is 29.3 Å². The zero-order valence-electron chi connectivity index (χ0n) is 32.1. The number of aromatic amines is 1. The summed E-state index contributed by atoms with van der Waals surface area (Å²) in [5, 5.41) is 10.3. The van der Waals surface area contributed by atoms with Crippen LogP contribution in [-0.2, 0) is 20.9 Å². The lowest BCUT2D eigenvalue weighted by Gasteiger charge is -2.33. The number of benzene rings is 2. The highest BCUT2D eigenvalue weighted by molar-refractivity contribution is 6.05. The van der Waals surface area contributed by atoms with Gasteiger partial charge in [0, 0.05) is 82.0 Å². The number of H-pyrrole nitrogens is 1. The minimum atomic E-state index is -0.637. The number of fused-ring (bicyclic) bond motifs is 1. The van der Waals surface area contributed by atoms with E-state index in [1.165, 1.54) is 29.4 Å². The molecule has 2 aromatic carbocycles. The molecule has 0 saturated carbocycles. The average molecular weight is 794 g/mol. The standard InChI is InChI=1S/C42H42F3N9O4/c1-51(2)42(58)35-21-32-31(20-30(38(45)39(32)48-35)26-4-3-13-53(23-26)37(56)11-16-54-17-12-47-50-54)29-6-5-25(18-33(29)43)24-9-14-52(15-10-24)40-34(44)19-27(22-46-40)28-7-8-36(55)49-41(28)57/h4-6,12,17-22,24,28,48H,3,7-11,13-16,23H2,1-2H3,(H,49,55,57). The number of aromatic nitrogens is 5. The molecule has 1 unspecified atom stereocenters. The van der Waals surface area contributed by atoms with Gasteiger partial charge in [-0.2, -0.15) is 0 Å². The van der Waals surface area contributed by atoms with Crippen LogP contribution in [0.25, 0.3) is 27.6 Å². The van der Waals surface area contributed by atoms with E-state index in [2.05, 4.69) is 25.6 Å². The average Bonchev–Trinajstić information content (AvgIpc) is 3.92. The molecule has 6 heterocycles. The number of imide groups is 1. The number of hydrogen-bond donors (Lipinski definition) is 2. The molecule has 0 aliphatic carbocycles. The Labute approximate surface area is 331 Å². The Kier molecular flexibility index (Phi) is 10.6.